The van der Waals surface area contributed by atoms with Gasteiger partial charge in [-0.05, 0) is 35.4 Å². The minimum atomic E-state index is -0.892. The van der Waals surface area contributed by atoms with Crippen LogP contribution in [0.3, 0.4) is 0 Å². The molecular formula is C12H11F2N3. The molecule has 88 valence electrons. The largest absolute Gasteiger partial charge is 0.271 e. The predicted octanol–water partition coefficient (Wildman–Crippen LogP) is 1.91. The summed E-state index contributed by atoms with van der Waals surface area (Å²) in [7, 11) is 0. The highest BCUT2D eigenvalue weighted by molar-refractivity contribution is 5.30. The molecule has 1 aromatic carbocycles. The van der Waals surface area contributed by atoms with E-state index in [0.717, 1.165) is 17.7 Å². The van der Waals surface area contributed by atoms with Crippen LogP contribution >= 0.6 is 0 Å². The zero-order valence-corrected chi connectivity index (χ0v) is 8.90. The Morgan fingerprint density at radius 1 is 1.00 bits per heavy atom. The molecule has 1 aromatic heterocycles. The van der Waals surface area contributed by atoms with Gasteiger partial charge in [-0.2, -0.15) is 0 Å². The van der Waals surface area contributed by atoms with Crippen molar-refractivity contribution >= 4 is 0 Å². The number of halogens is 2. The molecule has 2 rings (SSSR count). The molecule has 0 spiro atoms. The molecule has 3 N–H and O–H groups in total. The maximum Gasteiger partial charge on any atom is 0.159 e. The Balaban J connectivity index is 2.39. The van der Waals surface area contributed by atoms with Gasteiger partial charge in [-0.25, -0.2) is 14.2 Å². The first-order valence-electron chi connectivity index (χ1n) is 5.03. The Morgan fingerprint density at radius 3 is 2.29 bits per heavy atom. The van der Waals surface area contributed by atoms with E-state index in [1.165, 1.54) is 6.07 Å². The molecule has 0 saturated heterocycles. The van der Waals surface area contributed by atoms with Gasteiger partial charge in [0, 0.05) is 12.4 Å². The molecule has 3 nitrogen and oxygen atoms in total. The lowest BCUT2D eigenvalue weighted by atomic mass is 10.0. The highest BCUT2D eigenvalue weighted by Gasteiger charge is 2.14. The number of rotatable bonds is 3. The molecule has 1 atom stereocenters. The molecule has 0 aliphatic rings. The fourth-order valence-corrected chi connectivity index (χ4v) is 1.63. The Bertz CT molecular complexity index is 502. The fourth-order valence-electron chi connectivity index (χ4n) is 1.63. The van der Waals surface area contributed by atoms with Gasteiger partial charge in [0.25, 0.3) is 0 Å². The monoisotopic (exact) mass is 235 g/mol. The third kappa shape index (κ3) is 2.46. The van der Waals surface area contributed by atoms with Crippen molar-refractivity contribution in [2.75, 3.05) is 0 Å². The van der Waals surface area contributed by atoms with Gasteiger partial charge in [0.15, 0.2) is 11.6 Å². The number of benzene rings is 1. The molecule has 1 unspecified atom stereocenters. The van der Waals surface area contributed by atoms with E-state index >= 15 is 0 Å². The molecule has 0 saturated carbocycles. The van der Waals surface area contributed by atoms with Crippen LogP contribution in [0.15, 0.2) is 42.7 Å². The number of pyridine rings is 1. The van der Waals surface area contributed by atoms with Crippen molar-refractivity contribution in [3.63, 3.8) is 0 Å². The molecule has 1 heterocycles. The van der Waals surface area contributed by atoms with E-state index in [1.54, 1.807) is 24.5 Å². The summed E-state index contributed by atoms with van der Waals surface area (Å²) >= 11 is 0. The Morgan fingerprint density at radius 2 is 1.71 bits per heavy atom. The fraction of sp³-hybridized carbons (Fsp3) is 0.0833. The number of nitrogens with two attached hydrogens (primary N) is 1. The number of nitrogens with zero attached hydrogens (tertiary/aromatic N) is 1. The van der Waals surface area contributed by atoms with Crippen molar-refractivity contribution in [2.24, 2.45) is 5.84 Å². The average molecular weight is 235 g/mol. The van der Waals surface area contributed by atoms with Crippen molar-refractivity contribution in [3.8, 4) is 0 Å². The van der Waals surface area contributed by atoms with Crippen LogP contribution < -0.4 is 11.3 Å². The third-order valence-corrected chi connectivity index (χ3v) is 2.48. The van der Waals surface area contributed by atoms with E-state index in [1.807, 2.05) is 0 Å². The molecule has 0 fully saturated rings. The van der Waals surface area contributed by atoms with Gasteiger partial charge >= 0.3 is 0 Å². The lowest BCUT2D eigenvalue weighted by Gasteiger charge is -2.16. The van der Waals surface area contributed by atoms with Gasteiger partial charge < -0.3 is 0 Å². The molecule has 2 aromatic rings. The van der Waals surface area contributed by atoms with E-state index in [2.05, 4.69) is 10.4 Å². The maximum atomic E-state index is 13.1. The van der Waals surface area contributed by atoms with Crippen LogP contribution in [0.1, 0.15) is 17.2 Å². The number of nitrogens with one attached hydrogen (secondary N) is 1. The third-order valence-electron chi connectivity index (χ3n) is 2.48. The van der Waals surface area contributed by atoms with Crippen LogP contribution in [0.2, 0.25) is 0 Å². The Kier molecular flexibility index (Phi) is 3.41. The van der Waals surface area contributed by atoms with Crippen LogP contribution in [0.25, 0.3) is 0 Å². The van der Waals surface area contributed by atoms with E-state index in [9.17, 15) is 8.78 Å². The number of hydrogen-bond donors (Lipinski definition) is 2. The van der Waals surface area contributed by atoms with E-state index in [0.29, 0.717) is 5.56 Å². The average Bonchev–Trinajstić information content (AvgIpc) is 2.36. The van der Waals surface area contributed by atoms with Crippen molar-refractivity contribution < 1.29 is 8.78 Å². The zero-order valence-electron chi connectivity index (χ0n) is 8.90. The molecule has 0 aliphatic carbocycles. The first kappa shape index (κ1) is 11.6. The first-order valence-corrected chi connectivity index (χ1v) is 5.03. The van der Waals surface area contributed by atoms with Gasteiger partial charge in [0.2, 0.25) is 0 Å². The van der Waals surface area contributed by atoms with Crippen molar-refractivity contribution in [2.45, 2.75) is 6.04 Å². The van der Waals surface area contributed by atoms with Crippen LogP contribution in [0.5, 0.6) is 0 Å². The summed E-state index contributed by atoms with van der Waals surface area (Å²) in [4.78, 5) is 3.88. The summed E-state index contributed by atoms with van der Waals surface area (Å²) in [5.74, 6) is 3.67. The molecule has 0 aliphatic heterocycles. The first-order chi connectivity index (χ1) is 8.22. The SMILES string of the molecule is NNC(c1ccncc1)c1ccc(F)c(F)c1. The molecule has 0 radical (unpaired) electrons. The highest BCUT2D eigenvalue weighted by Crippen LogP contribution is 2.22. The lowest BCUT2D eigenvalue weighted by molar-refractivity contribution is 0.504. The highest BCUT2D eigenvalue weighted by atomic mass is 19.2. The minimum Gasteiger partial charge on any atom is -0.271 e. The smallest absolute Gasteiger partial charge is 0.159 e. The van der Waals surface area contributed by atoms with Gasteiger partial charge in [0.1, 0.15) is 0 Å². The van der Waals surface area contributed by atoms with Gasteiger partial charge in [0.05, 0.1) is 6.04 Å². The summed E-state index contributed by atoms with van der Waals surface area (Å²) < 4.78 is 26.0. The summed E-state index contributed by atoms with van der Waals surface area (Å²) in [5.41, 5.74) is 3.95. The lowest BCUT2D eigenvalue weighted by Crippen LogP contribution is -2.28. The molecular weight excluding hydrogens is 224 g/mol. The Labute approximate surface area is 97.3 Å². The minimum absolute atomic E-state index is 0.395. The van der Waals surface area contributed by atoms with Crippen LogP contribution in [-0.4, -0.2) is 4.98 Å². The summed E-state index contributed by atoms with van der Waals surface area (Å²) in [5, 5.41) is 0. The maximum absolute atomic E-state index is 13.1. The predicted molar refractivity (Wildman–Crippen MR) is 59.8 cm³/mol. The molecule has 5 heteroatoms. The second-order valence-corrected chi connectivity index (χ2v) is 3.55. The quantitative estimate of drug-likeness (QED) is 0.631. The van der Waals surface area contributed by atoms with Crippen molar-refractivity contribution in [1.82, 2.24) is 10.4 Å². The second kappa shape index (κ2) is 4.99. The van der Waals surface area contributed by atoms with E-state index in [4.69, 9.17) is 5.84 Å². The molecule has 0 amide bonds. The van der Waals surface area contributed by atoms with Gasteiger partial charge in [-0.3, -0.25) is 10.8 Å². The molecule has 17 heavy (non-hydrogen) atoms. The zero-order chi connectivity index (χ0) is 12.3. The van der Waals surface area contributed by atoms with Crippen molar-refractivity contribution in [1.29, 1.82) is 0 Å². The Hall–Kier alpha value is -1.85. The number of hydrogen-bond acceptors (Lipinski definition) is 3. The second-order valence-electron chi connectivity index (χ2n) is 3.55. The molecule has 0 bridgehead atoms. The standard InChI is InChI=1S/C12H11F2N3/c13-10-2-1-9(7-11(10)14)12(17-15)8-3-5-16-6-4-8/h1-7,12,17H,15H2. The summed E-state index contributed by atoms with van der Waals surface area (Å²) in [6.45, 7) is 0. The van der Waals surface area contributed by atoms with Gasteiger partial charge in [-0.15, -0.1) is 0 Å². The summed E-state index contributed by atoms with van der Waals surface area (Å²) in [6, 6.07) is 6.81. The van der Waals surface area contributed by atoms with Crippen molar-refractivity contribution in [3.05, 3.63) is 65.5 Å². The topological polar surface area (TPSA) is 50.9 Å². The van der Waals surface area contributed by atoms with Crippen LogP contribution in [0, 0.1) is 11.6 Å². The number of hydrazine groups is 1. The number of aromatic nitrogens is 1. The van der Waals surface area contributed by atoms with Crippen LogP contribution in [0.4, 0.5) is 8.78 Å². The normalized spacial score (nSPS) is 12.4. The van der Waals surface area contributed by atoms with Crippen LogP contribution in [-0.2, 0) is 0 Å². The van der Waals surface area contributed by atoms with E-state index < -0.39 is 17.7 Å². The van der Waals surface area contributed by atoms with E-state index in [-0.39, 0.29) is 0 Å². The van der Waals surface area contributed by atoms with Gasteiger partial charge in [-0.1, -0.05) is 6.07 Å². The summed E-state index contributed by atoms with van der Waals surface area (Å²) in [6.07, 6.45) is 3.22.